The lowest BCUT2D eigenvalue weighted by Crippen LogP contribution is -2.05. The largest absolute Gasteiger partial charge is 0.477 e. The molecule has 0 saturated heterocycles. The molecule has 5 heteroatoms. The number of ether oxygens (including phenoxy) is 1. The minimum Gasteiger partial charge on any atom is -0.477 e. The fourth-order valence-electron chi connectivity index (χ4n) is 2.29. The van der Waals surface area contributed by atoms with Gasteiger partial charge in [-0.15, -0.1) is 0 Å². The highest BCUT2D eigenvalue weighted by atomic mass is 16.5. The molecule has 5 nitrogen and oxygen atoms in total. The first kappa shape index (κ1) is 16.0. The molecule has 0 unspecified atom stereocenters. The maximum absolute atomic E-state index is 11.5. The Kier molecular flexibility index (Phi) is 4.76. The maximum atomic E-state index is 11.5. The van der Waals surface area contributed by atoms with Crippen LogP contribution in [0, 0.1) is 17.2 Å². The lowest BCUT2D eigenvalue weighted by atomic mass is 10.1. The van der Waals surface area contributed by atoms with E-state index in [1.807, 2.05) is 12.1 Å². The zero-order valence-corrected chi connectivity index (χ0v) is 13.6. The molecule has 1 aromatic heterocycles. The van der Waals surface area contributed by atoms with Gasteiger partial charge in [0.1, 0.15) is 6.07 Å². The minimum absolute atomic E-state index is 0.0265. The van der Waals surface area contributed by atoms with Crippen molar-refractivity contribution in [1.82, 2.24) is 4.98 Å². The third-order valence-corrected chi connectivity index (χ3v) is 3.99. The van der Waals surface area contributed by atoms with Crippen molar-refractivity contribution >= 4 is 11.5 Å². The van der Waals surface area contributed by atoms with E-state index in [0.717, 1.165) is 12.2 Å². The van der Waals surface area contributed by atoms with E-state index in [2.05, 4.69) is 16.4 Å². The predicted octanol–water partition coefficient (Wildman–Crippen LogP) is 3.56. The normalized spacial score (nSPS) is 13.2. The van der Waals surface area contributed by atoms with Gasteiger partial charge in [0.15, 0.2) is 5.78 Å². The fraction of sp³-hybridized carbons (Fsp3) is 0.316. The van der Waals surface area contributed by atoms with Gasteiger partial charge in [0.25, 0.3) is 0 Å². The Balaban J connectivity index is 1.63. The van der Waals surface area contributed by atoms with Crippen molar-refractivity contribution in [2.75, 3.05) is 11.9 Å². The van der Waals surface area contributed by atoms with Crippen LogP contribution in [0.15, 0.2) is 36.5 Å². The van der Waals surface area contributed by atoms with E-state index < -0.39 is 0 Å². The monoisotopic (exact) mass is 321 g/mol. The summed E-state index contributed by atoms with van der Waals surface area (Å²) in [6.45, 7) is 2.77. The molecule has 2 aromatic rings. The lowest BCUT2D eigenvalue weighted by Gasteiger charge is -2.10. The number of aromatic nitrogens is 1. The number of anilines is 1. The van der Waals surface area contributed by atoms with Gasteiger partial charge in [0.05, 0.1) is 17.9 Å². The SMILES string of the molecule is CC(=O)c1ccc(C#N)c(NCc2ccc(OCC3CC3)nc2)c1. The van der Waals surface area contributed by atoms with Crippen molar-refractivity contribution in [3.63, 3.8) is 0 Å². The van der Waals surface area contributed by atoms with E-state index in [4.69, 9.17) is 4.74 Å². The lowest BCUT2D eigenvalue weighted by molar-refractivity contribution is 0.101. The van der Waals surface area contributed by atoms with Crippen LogP contribution in [-0.4, -0.2) is 17.4 Å². The Morgan fingerprint density at radius 3 is 2.83 bits per heavy atom. The number of hydrogen-bond acceptors (Lipinski definition) is 5. The first-order chi connectivity index (χ1) is 11.7. The number of Topliss-reactive ketones (excluding diaryl/α,β-unsaturated/α-hetero) is 1. The van der Waals surface area contributed by atoms with Crippen LogP contribution < -0.4 is 10.1 Å². The van der Waals surface area contributed by atoms with Crippen LogP contribution in [0.3, 0.4) is 0 Å². The van der Waals surface area contributed by atoms with Crippen molar-refractivity contribution in [3.8, 4) is 11.9 Å². The number of carbonyl (C=O) groups excluding carboxylic acids is 1. The number of hydrogen-bond donors (Lipinski definition) is 1. The minimum atomic E-state index is -0.0265. The summed E-state index contributed by atoms with van der Waals surface area (Å²) in [6.07, 6.45) is 4.27. The van der Waals surface area contributed by atoms with Crippen molar-refractivity contribution in [1.29, 1.82) is 5.26 Å². The van der Waals surface area contributed by atoms with Crippen LogP contribution in [-0.2, 0) is 6.54 Å². The molecule has 1 aliphatic carbocycles. The topological polar surface area (TPSA) is 75.0 Å². The summed E-state index contributed by atoms with van der Waals surface area (Å²) in [4.78, 5) is 15.8. The molecule has 0 atom stereocenters. The number of nitrogens with zero attached hydrogens (tertiary/aromatic N) is 2. The zero-order valence-electron chi connectivity index (χ0n) is 13.6. The molecule has 0 bridgehead atoms. The molecule has 0 aliphatic heterocycles. The summed E-state index contributed by atoms with van der Waals surface area (Å²) in [5, 5.41) is 12.4. The molecule has 122 valence electrons. The summed E-state index contributed by atoms with van der Waals surface area (Å²) >= 11 is 0. The summed E-state index contributed by atoms with van der Waals surface area (Å²) in [5.41, 5.74) is 2.72. The Morgan fingerprint density at radius 1 is 1.38 bits per heavy atom. The Morgan fingerprint density at radius 2 is 2.21 bits per heavy atom. The highest BCUT2D eigenvalue weighted by molar-refractivity contribution is 5.95. The van der Waals surface area contributed by atoms with Gasteiger partial charge in [0, 0.05) is 24.4 Å². The maximum Gasteiger partial charge on any atom is 0.213 e. The first-order valence-corrected chi connectivity index (χ1v) is 8.02. The van der Waals surface area contributed by atoms with Crippen LogP contribution >= 0.6 is 0 Å². The second kappa shape index (κ2) is 7.14. The summed E-state index contributed by atoms with van der Waals surface area (Å²) in [6, 6.07) is 11.0. The van der Waals surface area contributed by atoms with E-state index >= 15 is 0 Å². The molecule has 1 aromatic carbocycles. The number of ketones is 1. The molecule has 1 heterocycles. The van der Waals surface area contributed by atoms with Crippen LogP contribution in [0.4, 0.5) is 5.69 Å². The van der Waals surface area contributed by atoms with Gasteiger partial charge in [-0.2, -0.15) is 5.26 Å². The number of carbonyl (C=O) groups is 1. The number of pyridine rings is 1. The smallest absolute Gasteiger partial charge is 0.213 e. The predicted molar refractivity (Wildman–Crippen MR) is 90.9 cm³/mol. The second-order valence-corrected chi connectivity index (χ2v) is 6.04. The quantitative estimate of drug-likeness (QED) is 0.789. The number of nitrogens with one attached hydrogen (secondary N) is 1. The van der Waals surface area contributed by atoms with Crippen LogP contribution in [0.5, 0.6) is 5.88 Å². The van der Waals surface area contributed by atoms with Crippen LogP contribution in [0.2, 0.25) is 0 Å². The number of rotatable bonds is 7. The van der Waals surface area contributed by atoms with Crippen LogP contribution in [0.25, 0.3) is 0 Å². The highest BCUT2D eigenvalue weighted by Crippen LogP contribution is 2.29. The average molecular weight is 321 g/mol. The summed E-state index contributed by atoms with van der Waals surface area (Å²) < 4.78 is 5.61. The van der Waals surface area contributed by atoms with Crippen molar-refractivity contribution in [2.24, 2.45) is 5.92 Å². The molecule has 1 fully saturated rings. The van der Waals surface area contributed by atoms with Gasteiger partial charge >= 0.3 is 0 Å². The van der Waals surface area contributed by atoms with Crippen molar-refractivity contribution in [2.45, 2.75) is 26.3 Å². The second-order valence-electron chi connectivity index (χ2n) is 6.04. The van der Waals surface area contributed by atoms with Crippen LogP contribution in [0.1, 0.15) is 41.3 Å². The average Bonchev–Trinajstić information content (AvgIpc) is 3.43. The van der Waals surface area contributed by atoms with E-state index in [1.165, 1.54) is 19.8 Å². The molecule has 1 saturated carbocycles. The van der Waals surface area contributed by atoms with Gasteiger partial charge in [-0.25, -0.2) is 4.98 Å². The first-order valence-electron chi connectivity index (χ1n) is 8.02. The summed E-state index contributed by atoms with van der Waals surface area (Å²) in [5.74, 6) is 1.31. The third kappa shape index (κ3) is 4.11. The van der Waals surface area contributed by atoms with E-state index in [9.17, 15) is 10.1 Å². The Bertz CT molecular complexity index is 774. The number of nitriles is 1. The number of benzene rings is 1. The molecular weight excluding hydrogens is 302 g/mol. The Labute approximate surface area is 141 Å². The molecule has 24 heavy (non-hydrogen) atoms. The van der Waals surface area contributed by atoms with E-state index in [1.54, 1.807) is 24.4 Å². The molecule has 1 aliphatic rings. The van der Waals surface area contributed by atoms with Crippen molar-refractivity contribution < 1.29 is 9.53 Å². The molecule has 0 amide bonds. The van der Waals surface area contributed by atoms with E-state index in [-0.39, 0.29) is 5.78 Å². The van der Waals surface area contributed by atoms with Gasteiger partial charge < -0.3 is 10.1 Å². The van der Waals surface area contributed by atoms with E-state index in [0.29, 0.717) is 35.2 Å². The summed E-state index contributed by atoms with van der Waals surface area (Å²) in [7, 11) is 0. The molecule has 0 radical (unpaired) electrons. The zero-order chi connectivity index (χ0) is 16.9. The third-order valence-electron chi connectivity index (χ3n) is 3.99. The highest BCUT2D eigenvalue weighted by Gasteiger charge is 2.22. The van der Waals surface area contributed by atoms with Gasteiger partial charge in [-0.05, 0) is 49.4 Å². The van der Waals surface area contributed by atoms with Gasteiger partial charge in [0.2, 0.25) is 5.88 Å². The van der Waals surface area contributed by atoms with Gasteiger partial charge in [-0.3, -0.25) is 4.79 Å². The van der Waals surface area contributed by atoms with Crippen molar-refractivity contribution in [3.05, 3.63) is 53.2 Å². The Hall–Kier alpha value is -2.87. The fourth-order valence-corrected chi connectivity index (χ4v) is 2.29. The van der Waals surface area contributed by atoms with Gasteiger partial charge in [-0.1, -0.05) is 6.07 Å². The molecule has 1 N–H and O–H groups in total. The molecule has 3 rings (SSSR count). The molecule has 0 spiro atoms. The molecular formula is C19H19N3O2. The standard InChI is InChI=1S/C19H19N3O2/c1-13(23)16-5-6-17(9-20)18(8-16)21-10-15-4-7-19(22-11-15)24-12-14-2-3-14/h4-8,11,14,21H,2-3,10,12H2,1H3.